The summed E-state index contributed by atoms with van der Waals surface area (Å²) in [6.45, 7) is 8.24. The SMILES string of the molecule is CC(C)C1CC(c2ccccc2)CN(Cc2ccccc2)C1. The van der Waals surface area contributed by atoms with Gasteiger partial charge in [0.1, 0.15) is 0 Å². The third-order valence-electron chi connectivity index (χ3n) is 5.02. The molecule has 0 spiro atoms. The molecule has 0 aliphatic carbocycles. The van der Waals surface area contributed by atoms with E-state index in [4.69, 9.17) is 0 Å². The lowest BCUT2D eigenvalue weighted by Gasteiger charge is -2.40. The predicted molar refractivity (Wildman–Crippen MR) is 93.8 cm³/mol. The van der Waals surface area contributed by atoms with Crippen LogP contribution >= 0.6 is 0 Å². The second-order valence-electron chi connectivity index (χ2n) is 7.03. The Morgan fingerprint density at radius 1 is 0.909 bits per heavy atom. The fraction of sp³-hybridized carbons (Fsp3) is 0.429. The Kier molecular flexibility index (Phi) is 4.94. The van der Waals surface area contributed by atoms with Crippen molar-refractivity contribution in [1.29, 1.82) is 0 Å². The average Bonchev–Trinajstić information content (AvgIpc) is 2.56. The van der Waals surface area contributed by atoms with Gasteiger partial charge in [0.15, 0.2) is 0 Å². The Labute approximate surface area is 135 Å². The molecule has 116 valence electrons. The third kappa shape index (κ3) is 3.78. The Morgan fingerprint density at radius 2 is 1.55 bits per heavy atom. The summed E-state index contributed by atoms with van der Waals surface area (Å²) in [7, 11) is 0. The Morgan fingerprint density at radius 3 is 2.18 bits per heavy atom. The van der Waals surface area contributed by atoms with Gasteiger partial charge in [-0.25, -0.2) is 0 Å². The Balaban J connectivity index is 1.75. The molecule has 0 N–H and O–H groups in total. The lowest BCUT2D eigenvalue weighted by Crippen LogP contribution is -2.40. The van der Waals surface area contributed by atoms with E-state index in [9.17, 15) is 0 Å². The van der Waals surface area contributed by atoms with Crippen molar-refractivity contribution in [3.63, 3.8) is 0 Å². The summed E-state index contributed by atoms with van der Waals surface area (Å²) in [5.74, 6) is 2.22. The zero-order chi connectivity index (χ0) is 15.4. The highest BCUT2D eigenvalue weighted by Gasteiger charge is 2.29. The Hall–Kier alpha value is -1.60. The molecule has 0 bridgehead atoms. The molecule has 2 aromatic rings. The van der Waals surface area contributed by atoms with E-state index in [1.165, 1.54) is 30.6 Å². The number of hydrogen-bond acceptors (Lipinski definition) is 1. The van der Waals surface area contributed by atoms with Gasteiger partial charge in [0.25, 0.3) is 0 Å². The smallest absolute Gasteiger partial charge is 0.0234 e. The molecular weight excluding hydrogens is 266 g/mol. The van der Waals surface area contributed by atoms with Crippen LogP contribution in [0.5, 0.6) is 0 Å². The van der Waals surface area contributed by atoms with Crippen LogP contribution in [0.25, 0.3) is 0 Å². The van der Waals surface area contributed by atoms with Crippen molar-refractivity contribution in [1.82, 2.24) is 4.90 Å². The first-order valence-electron chi connectivity index (χ1n) is 8.53. The van der Waals surface area contributed by atoms with Crippen molar-refractivity contribution in [2.75, 3.05) is 13.1 Å². The first-order valence-corrected chi connectivity index (χ1v) is 8.53. The van der Waals surface area contributed by atoms with Crippen molar-refractivity contribution in [2.45, 2.75) is 32.7 Å². The van der Waals surface area contributed by atoms with E-state index in [-0.39, 0.29) is 0 Å². The summed E-state index contributed by atoms with van der Waals surface area (Å²) in [4.78, 5) is 2.65. The quantitative estimate of drug-likeness (QED) is 0.771. The van der Waals surface area contributed by atoms with Crippen LogP contribution < -0.4 is 0 Å². The van der Waals surface area contributed by atoms with Crippen molar-refractivity contribution < 1.29 is 0 Å². The maximum Gasteiger partial charge on any atom is 0.0234 e. The monoisotopic (exact) mass is 293 g/mol. The van der Waals surface area contributed by atoms with Gasteiger partial charge in [0, 0.05) is 19.6 Å². The van der Waals surface area contributed by atoms with Crippen molar-refractivity contribution in [3.05, 3.63) is 71.8 Å². The molecule has 2 aromatic carbocycles. The van der Waals surface area contributed by atoms with E-state index in [1.54, 1.807) is 0 Å². The highest BCUT2D eigenvalue weighted by atomic mass is 15.1. The minimum Gasteiger partial charge on any atom is -0.298 e. The molecule has 1 aliphatic heterocycles. The predicted octanol–water partition coefficient (Wildman–Crippen LogP) is 4.95. The second kappa shape index (κ2) is 7.11. The topological polar surface area (TPSA) is 3.24 Å². The number of likely N-dealkylation sites (tertiary alicyclic amines) is 1. The molecule has 0 radical (unpaired) electrons. The zero-order valence-electron chi connectivity index (χ0n) is 13.8. The van der Waals surface area contributed by atoms with Crippen molar-refractivity contribution >= 4 is 0 Å². The summed E-state index contributed by atoms with van der Waals surface area (Å²) in [6, 6.07) is 22.0. The summed E-state index contributed by atoms with van der Waals surface area (Å²) >= 11 is 0. The van der Waals surface area contributed by atoms with Gasteiger partial charge in [-0.2, -0.15) is 0 Å². The van der Waals surface area contributed by atoms with Gasteiger partial charge in [-0.3, -0.25) is 4.90 Å². The van der Waals surface area contributed by atoms with Crippen LogP contribution in [0, 0.1) is 11.8 Å². The van der Waals surface area contributed by atoms with Gasteiger partial charge >= 0.3 is 0 Å². The fourth-order valence-corrected chi connectivity index (χ4v) is 3.65. The lowest BCUT2D eigenvalue weighted by atomic mass is 9.79. The van der Waals surface area contributed by atoms with E-state index in [2.05, 4.69) is 79.4 Å². The van der Waals surface area contributed by atoms with E-state index >= 15 is 0 Å². The normalized spacial score (nSPS) is 22.9. The van der Waals surface area contributed by atoms with E-state index in [1.807, 2.05) is 0 Å². The molecule has 1 saturated heterocycles. The summed E-state index contributed by atoms with van der Waals surface area (Å²) in [6.07, 6.45) is 1.33. The first kappa shape index (κ1) is 15.3. The minimum atomic E-state index is 0.672. The van der Waals surface area contributed by atoms with Crippen LogP contribution in [0.3, 0.4) is 0 Å². The first-order chi connectivity index (χ1) is 10.7. The standard InChI is InChI=1S/C21H27N/c1-17(2)20-13-21(19-11-7-4-8-12-19)16-22(15-20)14-18-9-5-3-6-10-18/h3-12,17,20-21H,13-16H2,1-2H3. The number of hydrogen-bond donors (Lipinski definition) is 0. The van der Waals surface area contributed by atoms with Crippen LogP contribution in [0.2, 0.25) is 0 Å². The van der Waals surface area contributed by atoms with Gasteiger partial charge in [-0.1, -0.05) is 74.5 Å². The van der Waals surface area contributed by atoms with Crippen LogP contribution in [0.15, 0.2) is 60.7 Å². The van der Waals surface area contributed by atoms with Crippen LogP contribution in [-0.2, 0) is 6.54 Å². The van der Waals surface area contributed by atoms with Crippen LogP contribution in [0.1, 0.15) is 37.3 Å². The number of piperidine rings is 1. The van der Waals surface area contributed by atoms with E-state index in [0.717, 1.165) is 18.4 Å². The van der Waals surface area contributed by atoms with Gasteiger partial charge in [-0.15, -0.1) is 0 Å². The fourth-order valence-electron chi connectivity index (χ4n) is 3.65. The van der Waals surface area contributed by atoms with Gasteiger partial charge in [-0.05, 0) is 35.3 Å². The molecule has 1 fully saturated rings. The maximum atomic E-state index is 2.65. The molecular formula is C21H27N. The van der Waals surface area contributed by atoms with Crippen molar-refractivity contribution in [3.8, 4) is 0 Å². The molecule has 1 heterocycles. The molecule has 1 heteroatoms. The molecule has 0 saturated carbocycles. The third-order valence-corrected chi connectivity index (χ3v) is 5.02. The minimum absolute atomic E-state index is 0.672. The highest BCUT2D eigenvalue weighted by Crippen LogP contribution is 2.34. The molecule has 0 aromatic heterocycles. The lowest BCUT2D eigenvalue weighted by molar-refractivity contribution is 0.121. The summed E-state index contributed by atoms with van der Waals surface area (Å²) < 4.78 is 0. The van der Waals surface area contributed by atoms with E-state index in [0.29, 0.717) is 5.92 Å². The second-order valence-corrected chi connectivity index (χ2v) is 7.03. The van der Waals surface area contributed by atoms with Crippen molar-refractivity contribution in [2.24, 2.45) is 11.8 Å². The zero-order valence-corrected chi connectivity index (χ0v) is 13.8. The molecule has 1 nitrogen and oxygen atoms in total. The molecule has 2 atom stereocenters. The van der Waals surface area contributed by atoms with Gasteiger partial charge in [0.2, 0.25) is 0 Å². The molecule has 3 rings (SSSR count). The van der Waals surface area contributed by atoms with Gasteiger partial charge < -0.3 is 0 Å². The average molecular weight is 293 g/mol. The molecule has 2 unspecified atom stereocenters. The van der Waals surface area contributed by atoms with Crippen LogP contribution in [-0.4, -0.2) is 18.0 Å². The molecule has 22 heavy (non-hydrogen) atoms. The molecule has 0 amide bonds. The summed E-state index contributed by atoms with van der Waals surface area (Å²) in [5.41, 5.74) is 2.93. The number of rotatable bonds is 4. The summed E-state index contributed by atoms with van der Waals surface area (Å²) in [5, 5.41) is 0. The van der Waals surface area contributed by atoms with E-state index < -0.39 is 0 Å². The number of benzene rings is 2. The Bertz CT molecular complexity index is 561. The largest absolute Gasteiger partial charge is 0.298 e. The molecule has 1 aliphatic rings. The van der Waals surface area contributed by atoms with Crippen LogP contribution in [0.4, 0.5) is 0 Å². The number of nitrogens with zero attached hydrogens (tertiary/aromatic N) is 1. The highest BCUT2D eigenvalue weighted by molar-refractivity contribution is 5.21. The van der Waals surface area contributed by atoms with Gasteiger partial charge in [0.05, 0.1) is 0 Å². The maximum absolute atomic E-state index is 2.65.